The second-order valence-electron chi connectivity index (χ2n) is 7.91. The van der Waals surface area contributed by atoms with Gasteiger partial charge in [-0.1, -0.05) is 35.3 Å². The average molecular weight is 498 g/mol. The lowest BCUT2D eigenvalue weighted by Crippen LogP contribution is -2.40. The van der Waals surface area contributed by atoms with Crippen LogP contribution in [0.4, 0.5) is 5.69 Å². The van der Waals surface area contributed by atoms with Crippen LogP contribution in [0.25, 0.3) is 0 Å². The smallest absolute Gasteiger partial charge is 0.257 e. The first-order chi connectivity index (χ1) is 15.3. The number of halogens is 2. The van der Waals surface area contributed by atoms with E-state index in [1.54, 1.807) is 0 Å². The molecule has 2 fully saturated rings. The van der Waals surface area contributed by atoms with Gasteiger partial charge >= 0.3 is 0 Å². The van der Waals surface area contributed by atoms with E-state index in [2.05, 4.69) is 10.2 Å². The summed E-state index contributed by atoms with van der Waals surface area (Å²) in [5.41, 5.74) is 1.82. The number of likely N-dealkylation sites (tertiary alicyclic amines) is 1. The van der Waals surface area contributed by atoms with Gasteiger partial charge in [-0.3, -0.25) is 9.69 Å². The molecule has 0 aliphatic carbocycles. The van der Waals surface area contributed by atoms with E-state index in [1.807, 2.05) is 24.3 Å². The fourth-order valence-corrected chi connectivity index (χ4v) is 6.16. The van der Waals surface area contributed by atoms with Gasteiger partial charge in [0, 0.05) is 25.3 Å². The summed E-state index contributed by atoms with van der Waals surface area (Å²) in [5, 5.41) is 2.85. The number of benzene rings is 2. The Morgan fingerprint density at radius 1 is 0.969 bits per heavy atom. The molecule has 1 N–H and O–H groups in total. The predicted molar refractivity (Wildman–Crippen MR) is 125 cm³/mol. The van der Waals surface area contributed by atoms with Gasteiger partial charge in [-0.05, 0) is 55.8 Å². The molecular weight excluding hydrogens is 473 g/mol. The van der Waals surface area contributed by atoms with Crippen molar-refractivity contribution in [3.8, 4) is 0 Å². The molecule has 2 heterocycles. The molecule has 0 spiro atoms. The average Bonchev–Trinajstić information content (AvgIpc) is 3.28. The van der Waals surface area contributed by atoms with Crippen molar-refractivity contribution < 1.29 is 17.9 Å². The first-order valence-electron chi connectivity index (χ1n) is 10.5. The second-order valence-corrected chi connectivity index (χ2v) is 10.6. The van der Waals surface area contributed by atoms with Crippen LogP contribution in [-0.4, -0.2) is 62.9 Å². The third-order valence-electron chi connectivity index (χ3n) is 5.67. The molecule has 2 saturated heterocycles. The number of morpholine rings is 1. The largest absolute Gasteiger partial charge is 0.379 e. The fraction of sp³-hybridized carbons (Fsp3) is 0.409. The summed E-state index contributed by atoms with van der Waals surface area (Å²) in [6.07, 6.45) is 2.47. The van der Waals surface area contributed by atoms with Crippen molar-refractivity contribution in [3.05, 3.63) is 57.6 Å². The van der Waals surface area contributed by atoms with Crippen molar-refractivity contribution in [3.63, 3.8) is 0 Å². The second kappa shape index (κ2) is 10.1. The van der Waals surface area contributed by atoms with Gasteiger partial charge in [-0.25, -0.2) is 8.42 Å². The zero-order valence-electron chi connectivity index (χ0n) is 17.5. The molecule has 2 aromatic rings. The zero-order chi connectivity index (χ0) is 22.7. The van der Waals surface area contributed by atoms with Crippen LogP contribution < -0.4 is 5.32 Å². The molecule has 2 aliphatic rings. The van der Waals surface area contributed by atoms with E-state index in [4.69, 9.17) is 27.9 Å². The maximum absolute atomic E-state index is 13.0. The van der Waals surface area contributed by atoms with Crippen LogP contribution in [0.15, 0.2) is 41.3 Å². The van der Waals surface area contributed by atoms with Crippen molar-refractivity contribution in [1.82, 2.24) is 9.21 Å². The van der Waals surface area contributed by atoms with E-state index in [0.717, 1.165) is 19.6 Å². The number of anilines is 1. The SMILES string of the molecule is O=C(Nc1ccc(CN2CCCC2)cc1)c1cc(S(=O)(=O)N2CCOCC2)c(Cl)cc1Cl. The standard InChI is InChI=1S/C22H25Cl2N3O4S/c23-19-14-20(24)21(32(29,30)27-9-11-31-12-10-27)13-18(19)22(28)25-17-5-3-16(4-6-17)15-26-7-1-2-8-26/h3-6,13-14H,1-2,7-12,15H2,(H,25,28). The normalized spacial score (nSPS) is 18.1. The van der Waals surface area contributed by atoms with Gasteiger partial charge in [-0.2, -0.15) is 4.31 Å². The van der Waals surface area contributed by atoms with Crippen molar-refractivity contribution in [1.29, 1.82) is 0 Å². The van der Waals surface area contributed by atoms with Crippen molar-refractivity contribution >= 4 is 44.8 Å². The third-order valence-corrected chi connectivity index (χ3v) is 8.35. The molecule has 0 unspecified atom stereocenters. The van der Waals surface area contributed by atoms with Crippen molar-refractivity contribution in [2.75, 3.05) is 44.7 Å². The Bertz CT molecular complexity index is 1080. The highest BCUT2D eigenvalue weighted by Gasteiger charge is 2.30. The Labute approximate surface area is 198 Å². The lowest BCUT2D eigenvalue weighted by molar-refractivity contribution is 0.0730. The van der Waals surface area contributed by atoms with Crippen LogP contribution in [0.2, 0.25) is 10.0 Å². The molecule has 1 amide bonds. The van der Waals surface area contributed by atoms with Crippen molar-refractivity contribution in [2.45, 2.75) is 24.3 Å². The maximum atomic E-state index is 13.0. The van der Waals surface area contributed by atoms with Gasteiger partial charge in [0.1, 0.15) is 4.90 Å². The van der Waals surface area contributed by atoms with Gasteiger partial charge in [-0.15, -0.1) is 0 Å². The minimum atomic E-state index is -3.88. The molecule has 2 aromatic carbocycles. The Morgan fingerprint density at radius 2 is 1.62 bits per heavy atom. The number of sulfonamides is 1. The zero-order valence-corrected chi connectivity index (χ0v) is 19.8. The van der Waals surface area contributed by atoms with Crippen LogP contribution >= 0.6 is 23.2 Å². The first kappa shape index (κ1) is 23.5. The van der Waals surface area contributed by atoms with Gasteiger partial charge in [0.2, 0.25) is 10.0 Å². The summed E-state index contributed by atoms with van der Waals surface area (Å²) >= 11 is 12.4. The number of carbonyl (C=O) groups excluding carboxylic acids is 1. The minimum Gasteiger partial charge on any atom is -0.379 e. The molecule has 7 nitrogen and oxygen atoms in total. The summed E-state index contributed by atoms with van der Waals surface area (Å²) in [6, 6.07) is 10.2. The molecule has 0 saturated carbocycles. The first-order valence-corrected chi connectivity index (χ1v) is 12.7. The van der Waals surface area contributed by atoms with Gasteiger partial charge in [0.25, 0.3) is 5.91 Å². The number of carbonyl (C=O) groups is 1. The molecule has 0 radical (unpaired) electrons. The summed E-state index contributed by atoms with van der Waals surface area (Å²) in [5.74, 6) is -0.502. The molecule has 0 atom stereocenters. The Morgan fingerprint density at radius 3 is 2.28 bits per heavy atom. The number of hydrogen-bond acceptors (Lipinski definition) is 5. The molecule has 172 valence electrons. The van der Waals surface area contributed by atoms with Crippen LogP contribution in [0.1, 0.15) is 28.8 Å². The summed E-state index contributed by atoms with van der Waals surface area (Å²) in [7, 11) is -3.88. The number of rotatable bonds is 6. The minimum absolute atomic E-state index is 0.0238. The molecule has 32 heavy (non-hydrogen) atoms. The molecule has 0 aromatic heterocycles. The van der Waals surface area contributed by atoms with Crippen molar-refractivity contribution in [2.24, 2.45) is 0 Å². The Balaban J connectivity index is 1.51. The predicted octanol–water partition coefficient (Wildman–Crippen LogP) is 3.86. The topological polar surface area (TPSA) is 79.0 Å². The van der Waals surface area contributed by atoms with Crippen LogP contribution in [-0.2, 0) is 21.3 Å². The summed E-state index contributed by atoms with van der Waals surface area (Å²) in [4.78, 5) is 15.1. The fourth-order valence-electron chi connectivity index (χ4n) is 3.92. The van der Waals surface area contributed by atoms with Gasteiger partial charge < -0.3 is 10.1 Å². The molecule has 4 rings (SSSR count). The lowest BCUT2D eigenvalue weighted by Gasteiger charge is -2.26. The van der Waals surface area contributed by atoms with Crippen LogP contribution in [0, 0.1) is 0 Å². The Kier molecular flexibility index (Phi) is 7.39. The maximum Gasteiger partial charge on any atom is 0.257 e. The van der Waals surface area contributed by atoms with Gasteiger partial charge in [0.05, 0.1) is 28.8 Å². The molecule has 2 aliphatic heterocycles. The lowest BCUT2D eigenvalue weighted by atomic mass is 10.1. The summed E-state index contributed by atoms with van der Waals surface area (Å²) in [6.45, 7) is 4.20. The van der Waals surface area contributed by atoms with E-state index in [9.17, 15) is 13.2 Å². The highest BCUT2D eigenvalue weighted by atomic mass is 35.5. The van der Waals surface area contributed by atoms with Crippen LogP contribution in [0.3, 0.4) is 0 Å². The van der Waals surface area contributed by atoms with E-state index in [1.165, 1.54) is 34.8 Å². The monoisotopic (exact) mass is 497 g/mol. The number of amides is 1. The highest BCUT2D eigenvalue weighted by Crippen LogP contribution is 2.31. The van der Waals surface area contributed by atoms with E-state index in [-0.39, 0.29) is 33.6 Å². The Hall–Kier alpha value is -1.68. The highest BCUT2D eigenvalue weighted by molar-refractivity contribution is 7.89. The number of nitrogens with zero attached hydrogens (tertiary/aromatic N) is 2. The van der Waals surface area contributed by atoms with E-state index >= 15 is 0 Å². The molecule has 10 heteroatoms. The van der Waals surface area contributed by atoms with Crippen LogP contribution in [0.5, 0.6) is 0 Å². The van der Waals surface area contributed by atoms with Gasteiger partial charge in [0.15, 0.2) is 0 Å². The quantitative estimate of drug-likeness (QED) is 0.655. The van der Waals surface area contributed by atoms with E-state index < -0.39 is 15.9 Å². The number of hydrogen-bond donors (Lipinski definition) is 1. The number of nitrogens with one attached hydrogen (secondary N) is 1. The van der Waals surface area contributed by atoms with E-state index in [0.29, 0.717) is 18.9 Å². The molecular formula is C22H25Cl2N3O4S. The number of ether oxygens (including phenoxy) is 1. The third kappa shape index (κ3) is 5.27. The summed E-state index contributed by atoms with van der Waals surface area (Å²) < 4.78 is 32.6. The molecule has 0 bridgehead atoms.